The molecule has 0 aliphatic carbocycles. The van der Waals surface area contributed by atoms with Gasteiger partial charge < -0.3 is 19.4 Å². The second-order valence-electron chi connectivity index (χ2n) is 6.74. The molecule has 1 aliphatic rings. The van der Waals surface area contributed by atoms with Gasteiger partial charge in [0, 0.05) is 12.1 Å². The Bertz CT molecular complexity index is 661. The Hall–Kier alpha value is -2.27. The Morgan fingerprint density at radius 2 is 1.85 bits per heavy atom. The molecule has 2 aromatic rings. The summed E-state index contributed by atoms with van der Waals surface area (Å²) in [6, 6.07) is 11.3. The molecule has 26 heavy (non-hydrogen) atoms. The molecular weight excluding hydrogens is 328 g/mol. The average molecular weight is 356 g/mol. The van der Waals surface area contributed by atoms with Gasteiger partial charge in [-0.2, -0.15) is 0 Å². The predicted molar refractivity (Wildman–Crippen MR) is 101 cm³/mol. The lowest BCUT2D eigenvalue weighted by molar-refractivity contribution is 0.0920. The molecular formula is C21H28N2O3. The fraction of sp³-hybridized carbons (Fsp3) is 0.476. The molecule has 1 fully saturated rings. The highest BCUT2D eigenvalue weighted by Gasteiger charge is 2.16. The van der Waals surface area contributed by atoms with Crippen molar-refractivity contribution in [3.05, 3.63) is 54.0 Å². The second kappa shape index (κ2) is 10.0. The summed E-state index contributed by atoms with van der Waals surface area (Å²) in [5.74, 6) is 0.950. The van der Waals surface area contributed by atoms with Crippen LogP contribution in [0.5, 0.6) is 5.75 Å². The molecule has 1 aliphatic heterocycles. The van der Waals surface area contributed by atoms with Gasteiger partial charge in [0.25, 0.3) is 5.91 Å². The fourth-order valence-electron chi connectivity index (χ4n) is 3.27. The number of amides is 1. The largest absolute Gasteiger partial charge is 0.489 e. The van der Waals surface area contributed by atoms with Crippen LogP contribution in [0.25, 0.3) is 0 Å². The van der Waals surface area contributed by atoms with Crippen LogP contribution in [0, 0.1) is 0 Å². The van der Waals surface area contributed by atoms with Gasteiger partial charge in [-0.1, -0.05) is 31.0 Å². The maximum Gasteiger partial charge on any atom is 0.287 e. The number of carbonyl (C=O) groups is 1. The summed E-state index contributed by atoms with van der Waals surface area (Å²) >= 11 is 0. The molecule has 0 saturated carbocycles. The van der Waals surface area contributed by atoms with E-state index in [-0.39, 0.29) is 5.91 Å². The lowest BCUT2D eigenvalue weighted by Crippen LogP contribution is -2.30. The molecule has 1 aromatic carbocycles. The van der Waals surface area contributed by atoms with E-state index in [4.69, 9.17) is 9.15 Å². The maximum absolute atomic E-state index is 12.4. The van der Waals surface area contributed by atoms with Crippen molar-refractivity contribution in [2.45, 2.75) is 38.7 Å². The molecule has 0 atom stereocenters. The Kier molecular flexibility index (Phi) is 7.14. The normalized spacial score (nSPS) is 15.4. The molecule has 0 radical (unpaired) electrons. The van der Waals surface area contributed by atoms with Gasteiger partial charge in [-0.3, -0.25) is 4.79 Å². The molecule has 0 unspecified atom stereocenters. The Balaban J connectivity index is 1.41. The third-order valence-corrected chi connectivity index (χ3v) is 4.73. The minimum Gasteiger partial charge on any atom is -0.489 e. The van der Waals surface area contributed by atoms with Crippen LogP contribution >= 0.6 is 0 Å². The molecule has 1 N–H and O–H groups in total. The fourth-order valence-corrected chi connectivity index (χ4v) is 3.27. The maximum atomic E-state index is 12.4. The number of likely N-dealkylation sites (tertiary alicyclic amines) is 1. The van der Waals surface area contributed by atoms with E-state index in [1.54, 1.807) is 6.07 Å². The number of nitrogens with zero attached hydrogens (tertiary/aromatic N) is 1. The van der Waals surface area contributed by atoms with Gasteiger partial charge in [0.15, 0.2) is 5.76 Å². The second-order valence-corrected chi connectivity index (χ2v) is 6.74. The number of carbonyl (C=O) groups excluding carboxylic acids is 1. The quantitative estimate of drug-likeness (QED) is 0.730. The first kappa shape index (κ1) is 18.5. The summed E-state index contributed by atoms with van der Waals surface area (Å²) in [5, 5.41) is 2.96. The molecule has 0 spiro atoms. The van der Waals surface area contributed by atoms with Gasteiger partial charge in [0.1, 0.15) is 12.4 Å². The van der Waals surface area contributed by atoms with E-state index >= 15 is 0 Å². The summed E-state index contributed by atoms with van der Waals surface area (Å²) in [4.78, 5) is 14.9. The monoisotopic (exact) mass is 356 g/mol. The summed E-state index contributed by atoms with van der Waals surface area (Å²) in [7, 11) is 0. The third kappa shape index (κ3) is 5.63. The number of hydrogen-bond acceptors (Lipinski definition) is 4. The molecule has 140 valence electrons. The van der Waals surface area contributed by atoms with Crippen molar-refractivity contribution in [1.29, 1.82) is 0 Å². The lowest BCUT2D eigenvalue weighted by Gasteiger charge is -2.19. The molecule has 1 saturated heterocycles. The van der Waals surface area contributed by atoms with Crippen molar-refractivity contribution in [3.8, 4) is 5.75 Å². The highest BCUT2D eigenvalue weighted by Crippen LogP contribution is 2.16. The van der Waals surface area contributed by atoms with E-state index in [0.717, 1.165) is 24.3 Å². The van der Waals surface area contributed by atoms with E-state index in [2.05, 4.69) is 10.2 Å². The SMILES string of the molecule is O=C(NCCCN1CCCCCC1)c1occc1COc1ccccc1. The first-order chi connectivity index (χ1) is 12.8. The molecule has 1 amide bonds. The molecule has 3 rings (SSSR count). The predicted octanol–water partition coefficient (Wildman–Crippen LogP) is 3.85. The van der Waals surface area contributed by atoms with Crippen LogP contribution in [-0.2, 0) is 6.61 Å². The van der Waals surface area contributed by atoms with Crippen LogP contribution in [0.2, 0.25) is 0 Å². The first-order valence-corrected chi connectivity index (χ1v) is 9.58. The molecule has 5 heteroatoms. The number of benzene rings is 1. The van der Waals surface area contributed by atoms with Gasteiger partial charge in [0.2, 0.25) is 0 Å². The highest BCUT2D eigenvalue weighted by atomic mass is 16.5. The van der Waals surface area contributed by atoms with E-state index < -0.39 is 0 Å². The molecule has 1 aromatic heterocycles. The van der Waals surface area contributed by atoms with E-state index in [1.807, 2.05) is 30.3 Å². The standard InChI is InChI=1S/C21H28N2O3/c24-21(22-12-8-15-23-13-6-1-2-7-14-23)20-18(11-16-25-20)17-26-19-9-4-3-5-10-19/h3-5,9-11,16H,1-2,6-8,12-15,17H2,(H,22,24). The first-order valence-electron chi connectivity index (χ1n) is 9.58. The summed E-state index contributed by atoms with van der Waals surface area (Å²) < 4.78 is 11.1. The van der Waals surface area contributed by atoms with Crippen molar-refractivity contribution in [1.82, 2.24) is 10.2 Å². The van der Waals surface area contributed by atoms with E-state index in [9.17, 15) is 4.79 Å². The number of hydrogen-bond donors (Lipinski definition) is 1. The van der Waals surface area contributed by atoms with Gasteiger partial charge >= 0.3 is 0 Å². The molecule has 0 bridgehead atoms. The van der Waals surface area contributed by atoms with Crippen LogP contribution in [0.4, 0.5) is 0 Å². The van der Waals surface area contributed by atoms with Crippen molar-refractivity contribution in [2.75, 3.05) is 26.2 Å². The van der Waals surface area contributed by atoms with Crippen molar-refractivity contribution in [2.24, 2.45) is 0 Å². The third-order valence-electron chi connectivity index (χ3n) is 4.73. The minimum atomic E-state index is -0.169. The summed E-state index contributed by atoms with van der Waals surface area (Å²) in [5.41, 5.74) is 0.763. The van der Waals surface area contributed by atoms with Gasteiger partial charge in [0.05, 0.1) is 6.26 Å². The van der Waals surface area contributed by atoms with Crippen LogP contribution < -0.4 is 10.1 Å². The zero-order chi connectivity index (χ0) is 18.0. The van der Waals surface area contributed by atoms with E-state index in [0.29, 0.717) is 18.9 Å². The molecule has 2 heterocycles. The Morgan fingerprint density at radius 1 is 1.08 bits per heavy atom. The number of rotatable bonds is 8. The van der Waals surface area contributed by atoms with Crippen LogP contribution in [0.3, 0.4) is 0 Å². The van der Waals surface area contributed by atoms with Crippen LogP contribution in [-0.4, -0.2) is 37.0 Å². The Morgan fingerprint density at radius 3 is 2.62 bits per heavy atom. The van der Waals surface area contributed by atoms with Gasteiger partial charge in [-0.05, 0) is 57.1 Å². The van der Waals surface area contributed by atoms with Crippen molar-refractivity contribution < 1.29 is 13.9 Å². The zero-order valence-electron chi connectivity index (χ0n) is 15.3. The number of furan rings is 1. The number of nitrogens with one attached hydrogen (secondary N) is 1. The van der Waals surface area contributed by atoms with Crippen molar-refractivity contribution >= 4 is 5.91 Å². The summed E-state index contributed by atoms with van der Waals surface area (Å²) in [6.07, 6.45) is 7.78. The minimum absolute atomic E-state index is 0.169. The Labute approximate surface area is 155 Å². The van der Waals surface area contributed by atoms with Gasteiger partial charge in [-0.15, -0.1) is 0 Å². The van der Waals surface area contributed by atoms with Gasteiger partial charge in [-0.25, -0.2) is 0 Å². The highest BCUT2D eigenvalue weighted by molar-refractivity contribution is 5.92. The molecule has 5 nitrogen and oxygen atoms in total. The smallest absolute Gasteiger partial charge is 0.287 e. The average Bonchev–Trinajstić information content (AvgIpc) is 2.99. The van der Waals surface area contributed by atoms with Crippen molar-refractivity contribution in [3.63, 3.8) is 0 Å². The van der Waals surface area contributed by atoms with Crippen LogP contribution in [0.1, 0.15) is 48.2 Å². The number of ether oxygens (including phenoxy) is 1. The lowest BCUT2D eigenvalue weighted by atomic mass is 10.2. The van der Waals surface area contributed by atoms with Crippen LogP contribution in [0.15, 0.2) is 47.1 Å². The number of para-hydroxylation sites is 1. The topological polar surface area (TPSA) is 54.7 Å². The summed E-state index contributed by atoms with van der Waals surface area (Å²) in [6.45, 7) is 4.40. The van der Waals surface area contributed by atoms with E-state index in [1.165, 1.54) is 45.0 Å². The zero-order valence-corrected chi connectivity index (χ0v) is 15.3.